The van der Waals surface area contributed by atoms with E-state index in [2.05, 4.69) is 24.1 Å². The van der Waals surface area contributed by atoms with Crippen LogP contribution in [0.3, 0.4) is 0 Å². The maximum atomic E-state index is 12.1. The average molecular weight is 277 g/mol. The third kappa shape index (κ3) is 3.44. The maximum Gasteiger partial charge on any atom is 0.261 e. The molecule has 0 saturated heterocycles. The van der Waals surface area contributed by atoms with Crippen LogP contribution in [-0.4, -0.2) is 21.5 Å². The van der Waals surface area contributed by atoms with E-state index in [1.807, 2.05) is 23.8 Å². The van der Waals surface area contributed by atoms with Crippen molar-refractivity contribution < 1.29 is 4.79 Å². The summed E-state index contributed by atoms with van der Waals surface area (Å²) in [5.41, 5.74) is 1.21. The van der Waals surface area contributed by atoms with Crippen molar-refractivity contribution >= 4 is 17.2 Å². The quantitative estimate of drug-likeness (QED) is 0.913. The van der Waals surface area contributed by atoms with E-state index in [9.17, 15) is 4.79 Å². The number of carbonyl (C=O) groups excluding carboxylic acids is 1. The second-order valence-corrected chi connectivity index (χ2v) is 5.84. The summed E-state index contributed by atoms with van der Waals surface area (Å²) >= 11 is 1.59. The zero-order valence-corrected chi connectivity index (χ0v) is 12.3. The SMILES string of the molecule is CCc1sc(C(=O)N[C@H](C)Cn2ccnc2)cc1C. The molecule has 1 atom stereocenters. The number of amides is 1. The molecule has 4 nitrogen and oxygen atoms in total. The summed E-state index contributed by atoms with van der Waals surface area (Å²) in [4.78, 5) is 18.2. The monoisotopic (exact) mass is 277 g/mol. The van der Waals surface area contributed by atoms with Crippen molar-refractivity contribution in [3.8, 4) is 0 Å². The molecule has 0 aliphatic rings. The van der Waals surface area contributed by atoms with Crippen molar-refractivity contribution in [2.45, 2.75) is 39.8 Å². The molecule has 2 aromatic heterocycles. The van der Waals surface area contributed by atoms with Gasteiger partial charge in [0.15, 0.2) is 0 Å². The lowest BCUT2D eigenvalue weighted by atomic mass is 10.2. The van der Waals surface area contributed by atoms with Gasteiger partial charge in [-0.15, -0.1) is 11.3 Å². The number of imidazole rings is 1. The molecule has 1 N–H and O–H groups in total. The fourth-order valence-corrected chi connectivity index (χ4v) is 3.05. The summed E-state index contributed by atoms with van der Waals surface area (Å²) in [5.74, 6) is 0.0143. The molecule has 2 rings (SSSR count). The van der Waals surface area contributed by atoms with E-state index in [0.29, 0.717) is 0 Å². The molecule has 5 heteroatoms. The first-order valence-corrected chi connectivity index (χ1v) is 7.27. The Morgan fingerprint density at radius 2 is 2.37 bits per heavy atom. The Balaban J connectivity index is 1.96. The van der Waals surface area contributed by atoms with Crippen LogP contribution in [-0.2, 0) is 13.0 Å². The Labute approximate surface area is 117 Å². The largest absolute Gasteiger partial charge is 0.347 e. The lowest BCUT2D eigenvalue weighted by Gasteiger charge is -2.13. The number of hydrogen-bond acceptors (Lipinski definition) is 3. The summed E-state index contributed by atoms with van der Waals surface area (Å²) in [5, 5.41) is 3.02. The second-order valence-electron chi connectivity index (χ2n) is 4.70. The second kappa shape index (κ2) is 6.02. The lowest BCUT2D eigenvalue weighted by molar-refractivity contribution is 0.0941. The van der Waals surface area contributed by atoms with Gasteiger partial charge < -0.3 is 9.88 Å². The van der Waals surface area contributed by atoms with Gasteiger partial charge in [0.1, 0.15) is 0 Å². The normalized spacial score (nSPS) is 12.4. The standard InChI is InChI=1S/C14H19N3OS/c1-4-12-10(2)7-13(19-12)14(18)16-11(3)8-17-6-5-15-9-17/h5-7,9,11H,4,8H2,1-3H3,(H,16,18)/t11-/m1/s1. The first-order chi connectivity index (χ1) is 9.10. The molecule has 0 aliphatic heterocycles. The van der Waals surface area contributed by atoms with E-state index in [1.165, 1.54) is 10.4 Å². The zero-order chi connectivity index (χ0) is 13.8. The van der Waals surface area contributed by atoms with Gasteiger partial charge in [0.2, 0.25) is 0 Å². The highest BCUT2D eigenvalue weighted by Gasteiger charge is 2.14. The summed E-state index contributed by atoms with van der Waals surface area (Å²) in [7, 11) is 0. The molecule has 19 heavy (non-hydrogen) atoms. The fourth-order valence-electron chi connectivity index (χ4n) is 2.03. The minimum absolute atomic E-state index is 0.0143. The molecule has 0 fully saturated rings. The highest BCUT2D eigenvalue weighted by molar-refractivity contribution is 7.14. The molecular weight excluding hydrogens is 258 g/mol. The van der Waals surface area contributed by atoms with E-state index in [-0.39, 0.29) is 11.9 Å². The van der Waals surface area contributed by atoms with Crippen molar-refractivity contribution in [2.75, 3.05) is 0 Å². The molecule has 0 unspecified atom stereocenters. The summed E-state index contributed by atoms with van der Waals surface area (Å²) in [6.07, 6.45) is 6.37. The minimum Gasteiger partial charge on any atom is -0.347 e. The summed E-state index contributed by atoms with van der Waals surface area (Å²) < 4.78 is 1.96. The number of hydrogen-bond donors (Lipinski definition) is 1. The van der Waals surface area contributed by atoms with E-state index in [1.54, 1.807) is 23.9 Å². The van der Waals surface area contributed by atoms with Gasteiger partial charge >= 0.3 is 0 Å². The van der Waals surface area contributed by atoms with E-state index in [0.717, 1.165) is 17.8 Å². The zero-order valence-electron chi connectivity index (χ0n) is 11.5. The van der Waals surface area contributed by atoms with Gasteiger partial charge in [-0.25, -0.2) is 4.98 Å². The van der Waals surface area contributed by atoms with Crippen LogP contribution in [0.4, 0.5) is 0 Å². The van der Waals surface area contributed by atoms with Gasteiger partial charge in [0.25, 0.3) is 5.91 Å². The van der Waals surface area contributed by atoms with Crippen LogP contribution >= 0.6 is 11.3 Å². The van der Waals surface area contributed by atoms with Crippen LogP contribution in [0.15, 0.2) is 24.8 Å². The van der Waals surface area contributed by atoms with Crippen molar-refractivity contribution in [3.05, 3.63) is 40.1 Å². The summed E-state index contributed by atoms with van der Waals surface area (Å²) in [6.45, 7) is 6.90. The van der Waals surface area contributed by atoms with Crippen molar-refractivity contribution in [3.63, 3.8) is 0 Å². The maximum absolute atomic E-state index is 12.1. The third-order valence-electron chi connectivity index (χ3n) is 2.99. The lowest BCUT2D eigenvalue weighted by Crippen LogP contribution is -2.35. The van der Waals surface area contributed by atoms with Crippen molar-refractivity contribution in [1.82, 2.24) is 14.9 Å². The van der Waals surface area contributed by atoms with E-state index < -0.39 is 0 Å². The Kier molecular flexibility index (Phi) is 4.37. The minimum atomic E-state index is 0.0143. The first kappa shape index (κ1) is 13.8. The Morgan fingerprint density at radius 3 is 2.95 bits per heavy atom. The molecule has 0 aliphatic carbocycles. The molecule has 1 amide bonds. The van der Waals surface area contributed by atoms with Gasteiger partial charge in [-0.05, 0) is 31.9 Å². The number of nitrogens with one attached hydrogen (secondary N) is 1. The first-order valence-electron chi connectivity index (χ1n) is 6.46. The van der Waals surface area contributed by atoms with Gasteiger partial charge in [-0.2, -0.15) is 0 Å². The van der Waals surface area contributed by atoms with Crippen LogP contribution in [0.1, 0.15) is 34.0 Å². The average Bonchev–Trinajstić information content (AvgIpc) is 2.98. The Hall–Kier alpha value is -1.62. The van der Waals surface area contributed by atoms with Crippen molar-refractivity contribution in [1.29, 1.82) is 0 Å². The smallest absolute Gasteiger partial charge is 0.261 e. The molecule has 0 saturated carbocycles. The molecule has 2 heterocycles. The van der Waals surface area contributed by atoms with Crippen molar-refractivity contribution in [2.24, 2.45) is 0 Å². The molecule has 0 radical (unpaired) electrons. The van der Waals surface area contributed by atoms with Crippen LogP contribution in [0, 0.1) is 6.92 Å². The Morgan fingerprint density at radius 1 is 1.58 bits per heavy atom. The molecule has 0 bridgehead atoms. The number of aromatic nitrogens is 2. The molecule has 2 aromatic rings. The van der Waals surface area contributed by atoms with Crippen LogP contribution < -0.4 is 5.32 Å². The fraction of sp³-hybridized carbons (Fsp3) is 0.429. The number of aryl methyl sites for hydroxylation is 2. The highest BCUT2D eigenvalue weighted by atomic mass is 32.1. The van der Waals surface area contributed by atoms with Crippen LogP contribution in [0.5, 0.6) is 0 Å². The van der Waals surface area contributed by atoms with Gasteiger partial charge in [-0.3, -0.25) is 4.79 Å². The van der Waals surface area contributed by atoms with Gasteiger partial charge in [0, 0.05) is 29.9 Å². The van der Waals surface area contributed by atoms with E-state index >= 15 is 0 Å². The summed E-state index contributed by atoms with van der Waals surface area (Å²) in [6, 6.07) is 2.05. The number of carbonyl (C=O) groups is 1. The van der Waals surface area contributed by atoms with Crippen LogP contribution in [0.25, 0.3) is 0 Å². The molecule has 0 aromatic carbocycles. The van der Waals surface area contributed by atoms with E-state index in [4.69, 9.17) is 0 Å². The van der Waals surface area contributed by atoms with Gasteiger partial charge in [-0.1, -0.05) is 6.92 Å². The number of rotatable bonds is 5. The predicted octanol–water partition coefficient (Wildman–Crippen LogP) is 2.63. The van der Waals surface area contributed by atoms with Crippen LogP contribution in [0.2, 0.25) is 0 Å². The Bertz CT molecular complexity index is 545. The molecule has 0 spiro atoms. The topological polar surface area (TPSA) is 46.9 Å². The predicted molar refractivity (Wildman–Crippen MR) is 77.6 cm³/mol. The molecular formula is C14H19N3OS. The number of nitrogens with zero attached hydrogens (tertiary/aromatic N) is 2. The third-order valence-corrected chi connectivity index (χ3v) is 4.37. The highest BCUT2D eigenvalue weighted by Crippen LogP contribution is 2.22. The number of thiophene rings is 1. The molecule has 102 valence electrons. The van der Waals surface area contributed by atoms with Gasteiger partial charge in [0.05, 0.1) is 11.2 Å².